The molecule has 0 unspecified atom stereocenters. The van der Waals surface area contributed by atoms with Crippen LogP contribution in [0.2, 0.25) is 5.02 Å². The summed E-state index contributed by atoms with van der Waals surface area (Å²) >= 11 is 6.98. The van der Waals surface area contributed by atoms with Gasteiger partial charge in [-0.05, 0) is 30.3 Å². The third-order valence-corrected chi connectivity index (χ3v) is 4.71. The number of aromatic nitrogens is 1. The van der Waals surface area contributed by atoms with Crippen LogP contribution in [0.1, 0.15) is 30.5 Å². The van der Waals surface area contributed by atoms with Gasteiger partial charge >= 0.3 is 5.97 Å². The number of carbonyl (C=O) groups is 3. The van der Waals surface area contributed by atoms with E-state index in [1.165, 1.54) is 12.1 Å². The van der Waals surface area contributed by atoms with E-state index in [9.17, 15) is 14.4 Å². The number of hydrogen-bond donors (Lipinski definition) is 0. The zero-order chi connectivity index (χ0) is 16.8. The van der Waals surface area contributed by atoms with Gasteiger partial charge in [0.2, 0.25) is 5.01 Å². The van der Waals surface area contributed by atoms with Crippen LogP contribution in [-0.4, -0.2) is 27.8 Å². The minimum Gasteiger partial charge on any atom is -0.322 e. The Hall–Kier alpha value is -2.77. The van der Waals surface area contributed by atoms with Crippen molar-refractivity contribution in [2.45, 2.75) is 0 Å². The normalized spacial score (nSPS) is 13.5. The average molecular weight is 359 g/mol. The first-order chi connectivity index (χ1) is 11.5. The molecule has 0 bridgehead atoms. The smallest absolute Gasteiger partial charge is 0.322 e. The summed E-state index contributed by atoms with van der Waals surface area (Å²) in [6.45, 7) is 0. The van der Waals surface area contributed by atoms with E-state index in [1.54, 1.807) is 30.3 Å². The number of rotatable bonds is 2. The molecule has 0 saturated heterocycles. The van der Waals surface area contributed by atoms with Crippen LogP contribution in [0.5, 0.6) is 0 Å². The fourth-order valence-electron chi connectivity index (χ4n) is 2.36. The summed E-state index contributed by atoms with van der Waals surface area (Å²) in [6.07, 6.45) is 0. The van der Waals surface area contributed by atoms with Crippen molar-refractivity contribution in [2.75, 3.05) is 0 Å². The summed E-state index contributed by atoms with van der Waals surface area (Å²) in [6, 6.07) is 11.3. The van der Waals surface area contributed by atoms with E-state index in [1.807, 2.05) is 0 Å². The number of imide groups is 1. The number of hydroxylamine groups is 2. The van der Waals surface area contributed by atoms with Crippen molar-refractivity contribution in [3.63, 3.8) is 0 Å². The third kappa shape index (κ3) is 2.26. The molecule has 118 valence electrons. The molecule has 24 heavy (non-hydrogen) atoms. The first kappa shape index (κ1) is 14.8. The van der Waals surface area contributed by atoms with Crippen molar-refractivity contribution in [3.8, 4) is 0 Å². The summed E-state index contributed by atoms with van der Waals surface area (Å²) in [5.41, 5.74) is 0.944. The highest BCUT2D eigenvalue weighted by Gasteiger charge is 2.39. The summed E-state index contributed by atoms with van der Waals surface area (Å²) < 4.78 is 0.744. The molecule has 4 rings (SSSR count). The van der Waals surface area contributed by atoms with Crippen LogP contribution in [0, 0.1) is 0 Å². The lowest BCUT2D eigenvalue weighted by Gasteiger charge is -2.11. The molecule has 0 spiro atoms. The van der Waals surface area contributed by atoms with Crippen molar-refractivity contribution in [1.29, 1.82) is 0 Å². The van der Waals surface area contributed by atoms with Gasteiger partial charge in [-0.25, -0.2) is 9.78 Å². The molecule has 1 aliphatic heterocycles. The maximum absolute atomic E-state index is 12.2. The van der Waals surface area contributed by atoms with Gasteiger partial charge in [0.15, 0.2) is 0 Å². The molecule has 0 aliphatic carbocycles. The van der Waals surface area contributed by atoms with Crippen molar-refractivity contribution in [3.05, 3.63) is 63.6 Å². The topological polar surface area (TPSA) is 76.6 Å². The molecule has 2 heterocycles. The fraction of sp³-hybridized carbons (Fsp3) is 0. The maximum Gasteiger partial charge on any atom is 0.392 e. The van der Waals surface area contributed by atoms with Crippen molar-refractivity contribution >= 4 is 50.9 Å². The Balaban J connectivity index is 1.62. The number of fused-ring (bicyclic) bond motifs is 2. The van der Waals surface area contributed by atoms with Gasteiger partial charge in [0, 0.05) is 5.02 Å². The zero-order valence-electron chi connectivity index (χ0n) is 11.9. The third-order valence-electron chi connectivity index (χ3n) is 3.46. The summed E-state index contributed by atoms with van der Waals surface area (Å²) in [4.78, 5) is 45.7. The van der Waals surface area contributed by atoms with E-state index in [-0.39, 0.29) is 16.1 Å². The number of benzene rings is 2. The van der Waals surface area contributed by atoms with Gasteiger partial charge in [0.1, 0.15) is 0 Å². The SMILES string of the molecule is O=C(ON1C(=O)c2ccccc2C1=O)c1nc2cc(Cl)ccc2s1. The quantitative estimate of drug-likeness (QED) is 0.657. The molecule has 1 aromatic heterocycles. The second-order valence-corrected chi connectivity index (χ2v) is 6.43. The number of halogens is 1. The lowest BCUT2D eigenvalue weighted by atomic mass is 10.1. The Bertz CT molecular complexity index is 995. The highest BCUT2D eigenvalue weighted by Crippen LogP contribution is 2.27. The molecule has 6 nitrogen and oxygen atoms in total. The highest BCUT2D eigenvalue weighted by atomic mass is 35.5. The Labute approximate surface area is 144 Å². The average Bonchev–Trinajstić information content (AvgIpc) is 3.10. The van der Waals surface area contributed by atoms with E-state index in [2.05, 4.69) is 4.98 Å². The van der Waals surface area contributed by atoms with Gasteiger partial charge in [-0.15, -0.1) is 11.3 Å². The van der Waals surface area contributed by atoms with Crippen LogP contribution in [0.3, 0.4) is 0 Å². The first-order valence-corrected chi connectivity index (χ1v) is 8.00. The van der Waals surface area contributed by atoms with Crippen molar-refractivity contribution < 1.29 is 19.2 Å². The molecule has 0 saturated carbocycles. The van der Waals surface area contributed by atoms with E-state index in [0.29, 0.717) is 15.6 Å². The number of nitrogens with zero attached hydrogens (tertiary/aromatic N) is 2. The van der Waals surface area contributed by atoms with Crippen LogP contribution in [0.25, 0.3) is 10.2 Å². The van der Waals surface area contributed by atoms with Crippen LogP contribution in [-0.2, 0) is 4.84 Å². The molecule has 8 heteroatoms. The maximum atomic E-state index is 12.2. The lowest BCUT2D eigenvalue weighted by Crippen LogP contribution is -2.32. The zero-order valence-corrected chi connectivity index (χ0v) is 13.4. The number of carbonyl (C=O) groups excluding carboxylic acids is 3. The Kier molecular flexibility index (Phi) is 3.33. The summed E-state index contributed by atoms with van der Waals surface area (Å²) in [5, 5.41) is 0.989. The molecule has 0 N–H and O–H groups in total. The van der Waals surface area contributed by atoms with Gasteiger partial charge in [0.05, 0.1) is 21.3 Å². The van der Waals surface area contributed by atoms with Gasteiger partial charge in [-0.2, -0.15) is 0 Å². The monoisotopic (exact) mass is 358 g/mol. The highest BCUT2D eigenvalue weighted by molar-refractivity contribution is 7.20. The molecule has 0 fully saturated rings. The molecule has 3 aromatic rings. The van der Waals surface area contributed by atoms with E-state index >= 15 is 0 Å². The van der Waals surface area contributed by atoms with E-state index in [4.69, 9.17) is 16.4 Å². The predicted octanol–water partition coefficient (Wildman–Crippen LogP) is 3.32. The number of amides is 2. The molecule has 0 atom stereocenters. The summed E-state index contributed by atoms with van der Waals surface area (Å²) in [7, 11) is 0. The van der Waals surface area contributed by atoms with E-state index in [0.717, 1.165) is 16.0 Å². The molecule has 0 radical (unpaired) electrons. The second-order valence-electron chi connectivity index (χ2n) is 4.96. The number of thiazole rings is 1. The van der Waals surface area contributed by atoms with Crippen LogP contribution >= 0.6 is 22.9 Å². The Morgan fingerprint density at radius 3 is 2.42 bits per heavy atom. The van der Waals surface area contributed by atoms with Crippen LogP contribution in [0.15, 0.2) is 42.5 Å². The first-order valence-electron chi connectivity index (χ1n) is 6.81. The van der Waals surface area contributed by atoms with Crippen LogP contribution < -0.4 is 0 Å². The lowest BCUT2D eigenvalue weighted by molar-refractivity contribution is -0.0584. The fourth-order valence-corrected chi connectivity index (χ4v) is 3.34. The standard InChI is InChI=1S/C16H7ClN2O4S/c17-8-5-6-12-11(7-8)18-13(24-12)16(22)23-19-14(20)9-3-1-2-4-10(9)15(19)21/h1-7H. The molecule has 1 aliphatic rings. The Morgan fingerprint density at radius 2 is 1.75 bits per heavy atom. The summed E-state index contributed by atoms with van der Waals surface area (Å²) in [5.74, 6) is -2.22. The molecular formula is C16H7ClN2O4S. The van der Waals surface area contributed by atoms with Gasteiger partial charge in [-0.1, -0.05) is 28.8 Å². The molecular weight excluding hydrogens is 352 g/mol. The predicted molar refractivity (Wildman–Crippen MR) is 87.0 cm³/mol. The van der Waals surface area contributed by atoms with Gasteiger partial charge in [-0.3, -0.25) is 9.59 Å². The van der Waals surface area contributed by atoms with Crippen LogP contribution in [0.4, 0.5) is 0 Å². The largest absolute Gasteiger partial charge is 0.392 e. The molecule has 2 amide bonds. The minimum atomic E-state index is -0.873. The van der Waals surface area contributed by atoms with Gasteiger partial charge < -0.3 is 4.84 Å². The van der Waals surface area contributed by atoms with Crippen molar-refractivity contribution in [1.82, 2.24) is 10.0 Å². The minimum absolute atomic E-state index is 0.0313. The number of hydrogen-bond acceptors (Lipinski definition) is 6. The second kappa shape index (κ2) is 5.40. The Morgan fingerprint density at radius 1 is 1.08 bits per heavy atom. The van der Waals surface area contributed by atoms with Gasteiger partial charge in [0.25, 0.3) is 11.8 Å². The molecule has 2 aromatic carbocycles. The van der Waals surface area contributed by atoms with Crippen molar-refractivity contribution in [2.24, 2.45) is 0 Å². The van der Waals surface area contributed by atoms with E-state index < -0.39 is 17.8 Å².